The van der Waals surface area contributed by atoms with Gasteiger partial charge in [-0.1, -0.05) is 20.8 Å². The monoisotopic (exact) mass is 212 g/mol. The highest BCUT2D eigenvalue weighted by Crippen LogP contribution is 2.23. The molecular formula is C11H21BO3. The molecule has 0 unspecified atom stereocenters. The zero-order valence-corrected chi connectivity index (χ0v) is 10.0. The van der Waals surface area contributed by atoms with Crippen molar-refractivity contribution in [2.75, 3.05) is 26.4 Å². The Kier molecular flexibility index (Phi) is 4.83. The first kappa shape index (κ1) is 12.8. The second kappa shape index (κ2) is 5.68. The second-order valence-electron chi connectivity index (χ2n) is 4.83. The van der Waals surface area contributed by atoms with Crippen molar-refractivity contribution >= 4 is 7.12 Å². The highest BCUT2D eigenvalue weighted by atomic mass is 16.6. The predicted molar refractivity (Wildman–Crippen MR) is 61.7 cm³/mol. The molecule has 1 aliphatic rings. The molecule has 0 aromatic carbocycles. The zero-order chi connectivity index (χ0) is 11.3. The molecule has 1 fully saturated rings. The van der Waals surface area contributed by atoms with Crippen molar-refractivity contribution in [3.63, 3.8) is 0 Å². The van der Waals surface area contributed by atoms with E-state index in [0.717, 1.165) is 18.5 Å². The molecule has 0 spiro atoms. The molecule has 1 heterocycles. The molecule has 3 nitrogen and oxygen atoms in total. The molecule has 1 aliphatic heterocycles. The third-order valence-electron chi connectivity index (χ3n) is 2.22. The van der Waals surface area contributed by atoms with Gasteiger partial charge < -0.3 is 14.0 Å². The van der Waals surface area contributed by atoms with Crippen LogP contribution in [-0.4, -0.2) is 33.5 Å². The first-order valence-electron chi connectivity index (χ1n) is 5.54. The topological polar surface area (TPSA) is 27.7 Å². The molecule has 0 amide bonds. The fourth-order valence-corrected chi connectivity index (χ4v) is 1.34. The van der Waals surface area contributed by atoms with Crippen LogP contribution in [0.1, 0.15) is 27.2 Å². The molecule has 1 saturated heterocycles. The predicted octanol–water partition coefficient (Wildman–Crippen LogP) is 2.07. The number of ether oxygens (including phenoxy) is 1. The smallest absolute Gasteiger partial charge is 0.407 e. The van der Waals surface area contributed by atoms with Crippen molar-refractivity contribution in [1.82, 2.24) is 0 Å². The Balaban J connectivity index is 2.24. The van der Waals surface area contributed by atoms with E-state index < -0.39 is 0 Å². The summed E-state index contributed by atoms with van der Waals surface area (Å²) in [6.45, 7) is 13.0. The fourth-order valence-electron chi connectivity index (χ4n) is 1.34. The van der Waals surface area contributed by atoms with Crippen molar-refractivity contribution in [3.8, 4) is 0 Å². The molecule has 0 radical (unpaired) electrons. The lowest BCUT2D eigenvalue weighted by molar-refractivity contribution is 0.0297. The van der Waals surface area contributed by atoms with Crippen LogP contribution >= 0.6 is 0 Å². The van der Waals surface area contributed by atoms with Crippen molar-refractivity contribution in [1.29, 1.82) is 0 Å². The van der Waals surface area contributed by atoms with Gasteiger partial charge in [0.25, 0.3) is 0 Å². The first-order valence-corrected chi connectivity index (χ1v) is 5.54. The number of rotatable bonds is 5. The molecule has 0 aliphatic carbocycles. The molecule has 0 aromatic heterocycles. The van der Waals surface area contributed by atoms with E-state index >= 15 is 0 Å². The lowest BCUT2D eigenvalue weighted by Crippen LogP contribution is -2.42. The summed E-state index contributed by atoms with van der Waals surface area (Å²) in [5.74, 6) is 0. The molecule has 0 bridgehead atoms. The van der Waals surface area contributed by atoms with Crippen LogP contribution in [0.2, 0.25) is 0 Å². The minimum atomic E-state index is -0.283. The maximum absolute atomic E-state index is 5.58. The SMILES string of the molecule is C=C(COCCC)B1OCC(C)(C)CO1. The van der Waals surface area contributed by atoms with E-state index in [1.54, 1.807) is 0 Å². The molecule has 0 saturated carbocycles. The Morgan fingerprint density at radius 2 is 2.00 bits per heavy atom. The minimum Gasteiger partial charge on any atom is -0.407 e. The van der Waals surface area contributed by atoms with Gasteiger partial charge in [-0.2, -0.15) is 0 Å². The van der Waals surface area contributed by atoms with Gasteiger partial charge in [0.1, 0.15) is 0 Å². The summed E-state index contributed by atoms with van der Waals surface area (Å²) in [4.78, 5) is 0. The van der Waals surface area contributed by atoms with E-state index in [1.165, 1.54) is 0 Å². The van der Waals surface area contributed by atoms with Gasteiger partial charge in [-0.15, -0.1) is 6.58 Å². The standard InChI is InChI=1S/C11H21BO3/c1-5-6-13-7-10(2)12-14-8-11(3,4)9-15-12/h2,5-9H2,1,3-4H3. The first-order chi connectivity index (χ1) is 7.05. The summed E-state index contributed by atoms with van der Waals surface area (Å²) in [5.41, 5.74) is 0.986. The normalized spacial score (nSPS) is 20.3. The lowest BCUT2D eigenvalue weighted by Gasteiger charge is -2.33. The van der Waals surface area contributed by atoms with Gasteiger partial charge in [0.15, 0.2) is 0 Å². The van der Waals surface area contributed by atoms with Gasteiger partial charge in [-0.25, -0.2) is 0 Å². The molecule has 0 aromatic rings. The van der Waals surface area contributed by atoms with Gasteiger partial charge in [0.05, 0.1) is 6.61 Å². The summed E-state index contributed by atoms with van der Waals surface area (Å²) >= 11 is 0. The van der Waals surface area contributed by atoms with Crippen molar-refractivity contribution in [2.45, 2.75) is 27.2 Å². The summed E-state index contributed by atoms with van der Waals surface area (Å²) in [6, 6.07) is 0. The molecule has 0 atom stereocenters. The largest absolute Gasteiger partial charge is 0.491 e. The van der Waals surface area contributed by atoms with Crippen LogP contribution in [0.15, 0.2) is 12.1 Å². The van der Waals surface area contributed by atoms with Crippen LogP contribution in [-0.2, 0) is 14.0 Å². The summed E-state index contributed by atoms with van der Waals surface area (Å²) in [6.07, 6.45) is 1.02. The number of hydrogen-bond donors (Lipinski definition) is 0. The fraction of sp³-hybridized carbons (Fsp3) is 0.818. The maximum Gasteiger partial charge on any atom is 0.491 e. The average molecular weight is 212 g/mol. The molecular weight excluding hydrogens is 191 g/mol. The van der Waals surface area contributed by atoms with Crippen LogP contribution in [0, 0.1) is 5.41 Å². The Morgan fingerprint density at radius 3 is 2.53 bits per heavy atom. The van der Waals surface area contributed by atoms with E-state index in [-0.39, 0.29) is 12.5 Å². The Hall–Kier alpha value is -0.315. The Bertz CT molecular complexity index is 206. The van der Waals surface area contributed by atoms with Gasteiger partial charge in [0, 0.05) is 25.2 Å². The summed E-state index contributed by atoms with van der Waals surface area (Å²) in [5, 5.41) is 0. The van der Waals surface area contributed by atoms with Crippen LogP contribution in [0.3, 0.4) is 0 Å². The van der Waals surface area contributed by atoms with E-state index in [4.69, 9.17) is 14.0 Å². The van der Waals surface area contributed by atoms with Crippen molar-refractivity contribution in [2.24, 2.45) is 5.41 Å². The maximum atomic E-state index is 5.58. The van der Waals surface area contributed by atoms with Gasteiger partial charge in [-0.3, -0.25) is 0 Å². The van der Waals surface area contributed by atoms with E-state index in [0.29, 0.717) is 19.8 Å². The molecule has 1 rings (SSSR count). The molecule has 0 N–H and O–H groups in total. The highest BCUT2D eigenvalue weighted by Gasteiger charge is 2.33. The molecule has 4 heteroatoms. The third-order valence-corrected chi connectivity index (χ3v) is 2.22. The Labute approximate surface area is 92.9 Å². The summed E-state index contributed by atoms with van der Waals surface area (Å²) in [7, 11) is -0.283. The zero-order valence-electron chi connectivity index (χ0n) is 10.0. The van der Waals surface area contributed by atoms with Crippen LogP contribution < -0.4 is 0 Å². The third kappa shape index (κ3) is 4.37. The quantitative estimate of drug-likeness (QED) is 0.515. The van der Waals surface area contributed by atoms with E-state index in [1.807, 2.05) is 0 Å². The van der Waals surface area contributed by atoms with Crippen molar-refractivity contribution < 1.29 is 14.0 Å². The van der Waals surface area contributed by atoms with Crippen LogP contribution in [0.5, 0.6) is 0 Å². The Morgan fingerprint density at radius 1 is 1.40 bits per heavy atom. The van der Waals surface area contributed by atoms with E-state index in [2.05, 4.69) is 27.4 Å². The van der Waals surface area contributed by atoms with Gasteiger partial charge in [0.2, 0.25) is 0 Å². The minimum absolute atomic E-state index is 0.112. The molecule has 86 valence electrons. The highest BCUT2D eigenvalue weighted by molar-refractivity contribution is 6.53. The van der Waals surface area contributed by atoms with Crippen molar-refractivity contribution in [3.05, 3.63) is 12.1 Å². The van der Waals surface area contributed by atoms with E-state index in [9.17, 15) is 0 Å². The van der Waals surface area contributed by atoms with Gasteiger partial charge >= 0.3 is 7.12 Å². The second-order valence-corrected chi connectivity index (χ2v) is 4.83. The average Bonchev–Trinajstić information content (AvgIpc) is 2.18. The lowest BCUT2D eigenvalue weighted by atomic mass is 9.76. The molecule has 15 heavy (non-hydrogen) atoms. The van der Waals surface area contributed by atoms with Crippen LogP contribution in [0.4, 0.5) is 0 Å². The number of hydrogen-bond acceptors (Lipinski definition) is 3. The summed E-state index contributed by atoms with van der Waals surface area (Å²) < 4.78 is 16.6. The van der Waals surface area contributed by atoms with Crippen LogP contribution in [0.25, 0.3) is 0 Å². The van der Waals surface area contributed by atoms with Gasteiger partial charge in [-0.05, 0) is 11.9 Å².